The van der Waals surface area contributed by atoms with E-state index in [-0.39, 0.29) is 5.88 Å². The van der Waals surface area contributed by atoms with Gasteiger partial charge in [-0.2, -0.15) is 0 Å². The number of hydrogen-bond acceptors (Lipinski definition) is 2. The van der Waals surface area contributed by atoms with Crippen molar-refractivity contribution in [2.45, 2.75) is 19.2 Å². The Morgan fingerprint density at radius 1 is 1.43 bits per heavy atom. The summed E-state index contributed by atoms with van der Waals surface area (Å²) in [6, 6.07) is 2.63. The molecule has 1 rings (SSSR count). The summed E-state index contributed by atoms with van der Waals surface area (Å²) in [5, 5.41) is 0. The van der Waals surface area contributed by atoms with E-state index in [2.05, 4.69) is 9.72 Å². The molecule has 0 aliphatic heterocycles. The van der Waals surface area contributed by atoms with Crippen molar-refractivity contribution >= 4 is 11.6 Å². The molecule has 0 radical (unpaired) electrons. The summed E-state index contributed by atoms with van der Waals surface area (Å²) >= 11 is 5.48. The summed E-state index contributed by atoms with van der Waals surface area (Å²) in [6.07, 6.45) is -4.72. The second kappa shape index (κ2) is 4.04. The van der Waals surface area contributed by atoms with Crippen LogP contribution in [0.15, 0.2) is 12.1 Å². The number of hydrogen-bond donors (Lipinski definition) is 0. The van der Waals surface area contributed by atoms with Crippen LogP contribution in [0.5, 0.6) is 5.88 Å². The molecule has 0 saturated heterocycles. The Bertz CT molecular complexity index is 327. The van der Waals surface area contributed by atoms with E-state index >= 15 is 0 Å². The van der Waals surface area contributed by atoms with Crippen LogP contribution in [0.25, 0.3) is 0 Å². The molecule has 0 aromatic carbocycles. The third-order valence-corrected chi connectivity index (χ3v) is 1.78. The number of pyridine rings is 1. The highest BCUT2D eigenvalue weighted by Crippen LogP contribution is 2.22. The second-order valence-electron chi connectivity index (χ2n) is 2.59. The van der Waals surface area contributed by atoms with Crippen LogP contribution in [0, 0.1) is 6.92 Å². The highest BCUT2D eigenvalue weighted by Gasteiger charge is 2.31. The first kappa shape index (κ1) is 11.1. The van der Waals surface area contributed by atoms with Crippen molar-refractivity contribution in [2.75, 3.05) is 0 Å². The second-order valence-corrected chi connectivity index (χ2v) is 2.86. The van der Waals surface area contributed by atoms with Gasteiger partial charge in [0.2, 0.25) is 5.88 Å². The monoisotopic (exact) mass is 225 g/mol. The Kier molecular flexibility index (Phi) is 3.21. The van der Waals surface area contributed by atoms with Gasteiger partial charge < -0.3 is 4.74 Å². The number of ether oxygens (including phenoxy) is 1. The molecule has 6 heteroatoms. The van der Waals surface area contributed by atoms with E-state index in [0.717, 1.165) is 11.6 Å². The molecule has 0 amide bonds. The molecule has 1 aromatic heterocycles. The van der Waals surface area contributed by atoms with Crippen LogP contribution >= 0.6 is 11.6 Å². The van der Waals surface area contributed by atoms with Gasteiger partial charge in [0.05, 0.1) is 11.6 Å². The van der Waals surface area contributed by atoms with E-state index in [1.807, 2.05) is 0 Å². The third-order valence-electron chi connectivity index (χ3n) is 1.52. The van der Waals surface area contributed by atoms with Crippen LogP contribution in [0.4, 0.5) is 13.2 Å². The number of nitrogens with zero attached hydrogens (tertiary/aromatic N) is 1. The first-order valence-electron chi connectivity index (χ1n) is 3.70. The Hall–Kier alpha value is -0.970. The molecule has 0 fully saturated rings. The number of aromatic nitrogens is 1. The zero-order valence-corrected chi connectivity index (χ0v) is 7.99. The van der Waals surface area contributed by atoms with E-state index in [1.54, 1.807) is 6.92 Å². The first-order chi connectivity index (χ1) is 6.42. The maximum absolute atomic E-state index is 11.8. The van der Waals surface area contributed by atoms with Gasteiger partial charge in [-0.3, -0.25) is 0 Å². The minimum Gasteiger partial charge on any atom is -0.388 e. The summed E-state index contributed by atoms with van der Waals surface area (Å²) < 4.78 is 39.0. The van der Waals surface area contributed by atoms with Gasteiger partial charge in [-0.05, 0) is 12.5 Å². The molecule has 0 unspecified atom stereocenters. The van der Waals surface area contributed by atoms with Gasteiger partial charge in [-0.15, -0.1) is 24.8 Å². The largest absolute Gasteiger partial charge is 0.574 e. The molecule has 14 heavy (non-hydrogen) atoms. The molecule has 0 aliphatic carbocycles. The van der Waals surface area contributed by atoms with Crippen molar-refractivity contribution in [3.05, 3.63) is 23.4 Å². The lowest BCUT2D eigenvalue weighted by Crippen LogP contribution is -2.18. The topological polar surface area (TPSA) is 22.1 Å². The Labute approximate surface area is 83.7 Å². The van der Waals surface area contributed by atoms with Crippen molar-refractivity contribution < 1.29 is 17.9 Å². The van der Waals surface area contributed by atoms with Gasteiger partial charge in [0.25, 0.3) is 0 Å². The van der Waals surface area contributed by atoms with Crippen molar-refractivity contribution in [3.8, 4) is 5.88 Å². The summed E-state index contributed by atoms with van der Waals surface area (Å²) in [5.74, 6) is -0.431. The molecule has 0 spiro atoms. The van der Waals surface area contributed by atoms with Crippen LogP contribution in [0.2, 0.25) is 0 Å². The maximum Gasteiger partial charge on any atom is 0.574 e. The van der Waals surface area contributed by atoms with Crippen molar-refractivity contribution in [3.63, 3.8) is 0 Å². The molecular formula is C8H7ClF3NO. The fraction of sp³-hybridized carbons (Fsp3) is 0.375. The lowest BCUT2D eigenvalue weighted by Gasteiger charge is -2.09. The van der Waals surface area contributed by atoms with Crippen molar-refractivity contribution in [1.82, 2.24) is 4.98 Å². The fourth-order valence-electron chi connectivity index (χ4n) is 0.862. The van der Waals surface area contributed by atoms with E-state index in [9.17, 15) is 13.2 Å². The van der Waals surface area contributed by atoms with E-state index < -0.39 is 12.2 Å². The standard InChI is InChI=1S/C8H7ClF3NO/c1-5-2-3-7(13-6(5)4-9)14-8(10,11)12/h2-3H,4H2,1H3. The minimum atomic E-state index is -4.72. The molecule has 2 nitrogen and oxygen atoms in total. The Morgan fingerprint density at radius 2 is 2.07 bits per heavy atom. The molecule has 0 N–H and O–H groups in total. The molecular weight excluding hydrogens is 219 g/mol. The quantitative estimate of drug-likeness (QED) is 0.722. The van der Waals surface area contributed by atoms with Gasteiger partial charge in [0, 0.05) is 6.07 Å². The zero-order chi connectivity index (χ0) is 10.8. The van der Waals surface area contributed by atoms with Crippen molar-refractivity contribution in [2.24, 2.45) is 0 Å². The smallest absolute Gasteiger partial charge is 0.388 e. The van der Waals surface area contributed by atoms with Gasteiger partial charge >= 0.3 is 6.36 Å². The normalized spacial score (nSPS) is 11.5. The van der Waals surface area contributed by atoms with Crippen LogP contribution in [-0.4, -0.2) is 11.3 Å². The van der Waals surface area contributed by atoms with E-state index in [1.165, 1.54) is 6.07 Å². The molecule has 0 aliphatic rings. The maximum atomic E-state index is 11.8. The summed E-state index contributed by atoms with van der Waals surface area (Å²) in [4.78, 5) is 3.60. The first-order valence-corrected chi connectivity index (χ1v) is 4.24. The highest BCUT2D eigenvalue weighted by molar-refractivity contribution is 6.17. The zero-order valence-electron chi connectivity index (χ0n) is 7.23. The van der Waals surface area contributed by atoms with Gasteiger partial charge in [0.15, 0.2) is 0 Å². The number of aryl methyl sites for hydroxylation is 1. The van der Waals surface area contributed by atoms with Crippen LogP contribution in [-0.2, 0) is 5.88 Å². The van der Waals surface area contributed by atoms with Crippen LogP contribution < -0.4 is 4.74 Å². The summed E-state index contributed by atoms with van der Waals surface area (Å²) in [6.45, 7) is 1.71. The fourth-order valence-corrected chi connectivity index (χ4v) is 1.13. The summed E-state index contributed by atoms with van der Waals surface area (Å²) in [7, 11) is 0. The van der Waals surface area contributed by atoms with Crippen molar-refractivity contribution in [1.29, 1.82) is 0 Å². The van der Waals surface area contributed by atoms with E-state index in [0.29, 0.717) is 5.69 Å². The van der Waals surface area contributed by atoms with E-state index in [4.69, 9.17) is 11.6 Å². The third kappa shape index (κ3) is 3.06. The average molecular weight is 226 g/mol. The SMILES string of the molecule is Cc1ccc(OC(F)(F)F)nc1CCl. The molecule has 1 heterocycles. The molecule has 0 bridgehead atoms. The van der Waals surface area contributed by atoms with Gasteiger partial charge in [-0.1, -0.05) is 6.07 Å². The van der Waals surface area contributed by atoms with Crippen LogP contribution in [0.1, 0.15) is 11.3 Å². The highest BCUT2D eigenvalue weighted by atomic mass is 35.5. The number of halogens is 4. The number of alkyl halides is 4. The van der Waals surface area contributed by atoms with Gasteiger partial charge in [-0.25, -0.2) is 4.98 Å². The Morgan fingerprint density at radius 3 is 2.57 bits per heavy atom. The lowest BCUT2D eigenvalue weighted by atomic mass is 10.2. The predicted octanol–water partition coefficient (Wildman–Crippen LogP) is 3.03. The molecule has 0 saturated carbocycles. The Balaban J connectivity index is 2.90. The lowest BCUT2D eigenvalue weighted by molar-refractivity contribution is -0.276. The molecule has 1 aromatic rings. The molecule has 78 valence electrons. The summed E-state index contributed by atoms with van der Waals surface area (Å²) in [5.41, 5.74) is 1.11. The number of rotatable bonds is 2. The predicted molar refractivity (Wildman–Crippen MR) is 45.2 cm³/mol. The minimum absolute atomic E-state index is 0.0564. The average Bonchev–Trinajstić information content (AvgIpc) is 2.06. The molecule has 0 atom stereocenters. The van der Waals surface area contributed by atoms with Gasteiger partial charge in [0.1, 0.15) is 0 Å². The van der Waals surface area contributed by atoms with Crippen LogP contribution in [0.3, 0.4) is 0 Å².